The van der Waals surface area contributed by atoms with Crippen LogP contribution in [0.1, 0.15) is 49.0 Å². The van der Waals surface area contributed by atoms with Crippen LogP contribution in [0.4, 0.5) is 11.4 Å². The topological polar surface area (TPSA) is 211 Å². The molecule has 39 heavy (non-hydrogen) atoms. The molecule has 0 aliphatic carbocycles. The van der Waals surface area contributed by atoms with E-state index in [0.29, 0.717) is 5.56 Å². The van der Waals surface area contributed by atoms with Crippen LogP contribution in [0.25, 0.3) is 0 Å². The van der Waals surface area contributed by atoms with E-state index in [-0.39, 0.29) is 42.6 Å². The lowest BCUT2D eigenvalue weighted by Gasteiger charge is -2.24. The Morgan fingerprint density at radius 3 is 2.23 bits per heavy atom. The third kappa shape index (κ3) is 9.22. The summed E-state index contributed by atoms with van der Waals surface area (Å²) in [5.74, 6) is -4.45. The molecule has 0 fully saturated rings. The fourth-order valence-electron chi connectivity index (χ4n) is 3.71. The van der Waals surface area contributed by atoms with Crippen LogP contribution in [0, 0.1) is 16.0 Å². The first-order valence-corrected chi connectivity index (χ1v) is 12.1. The van der Waals surface area contributed by atoms with Gasteiger partial charge in [-0.1, -0.05) is 44.2 Å². The van der Waals surface area contributed by atoms with Gasteiger partial charge in [0, 0.05) is 24.5 Å². The van der Waals surface area contributed by atoms with Crippen LogP contribution in [0.3, 0.4) is 0 Å². The van der Waals surface area contributed by atoms with Crippen molar-refractivity contribution >= 4 is 41.0 Å². The van der Waals surface area contributed by atoms with E-state index in [2.05, 4.69) is 16.0 Å². The number of carboxylic acids is 1. The van der Waals surface area contributed by atoms with Gasteiger partial charge in [-0.15, -0.1) is 0 Å². The molecule has 0 saturated heterocycles. The van der Waals surface area contributed by atoms with E-state index in [1.165, 1.54) is 24.3 Å². The molecule has 0 heterocycles. The number of benzene rings is 2. The molecular weight excluding hydrogens is 510 g/mol. The number of amides is 4. The van der Waals surface area contributed by atoms with E-state index in [1.807, 2.05) is 0 Å². The van der Waals surface area contributed by atoms with E-state index < -0.39 is 52.5 Å². The molecule has 0 radical (unpaired) electrons. The second-order valence-corrected chi connectivity index (χ2v) is 9.08. The largest absolute Gasteiger partial charge is 0.480 e. The summed E-state index contributed by atoms with van der Waals surface area (Å²) in [6.07, 6.45) is -0.441. The van der Waals surface area contributed by atoms with Crippen LogP contribution in [-0.2, 0) is 25.6 Å². The lowest BCUT2D eigenvalue weighted by atomic mass is 10.0. The molecular formula is C26H31N5O8. The molecule has 13 heteroatoms. The van der Waals surface area contributed by atoms with Crippen LogP contribution in [0.5, 0.6) is 0 Å². The van der Waals surface area contributed by atoms with Gasteiger partial charge in [0.05, 0.1) is 16.2 Å². The minimum Gasteiger partial charge on any atom is -0.480 e. The first-order chi connectivity index (χ1) is 18.4. The number of carbonyl (C=O) groups excluding carboxylic acids is 4. The molecule has 0 saturated carbocycles. The average Bonchev–Trinajstić information content (AvgIpc) is 2.88. The fourth-order valence-corrected chi connectivity index (χ4v) is 3.71. The van der Waals surface area contributed by atoms with E-state index in [9.17, 15) is 39.2 Å². The van der Waals surface area contributed by atoms with Crippen LogP contribution < -0.4 is 21.7 Å². The van der Waals surface area contributed by atoms with Gasteiger partial charge >= 0.3 is 5.97 Å². The molecule has 0 aliphatic rings. The summed E-state index contributed by atoms with van der Waals surface area (Å²) in [6.45, 7) is 3.31. The van der Waals surface area contributed by atoms with E-state index >= 15 is 0 Å². The van der Waals surface area contributed by atoms with Crippen molar-refractivity contribution in [3.05, 3.63) is 69.8 Å². The van der Waals surface area contributed by atoms with Crippen molar-refractivity contribution in [1.82, 2.24) is 10.6 Å². The number of aryl methyl sites for hydroxylation is 1. The van der Waals surface area contributed by atoms with Gasteiger partial charge in [0.15, 0.2) is 0 Å². The van der Waals surface area contributed by atoms with Gasteiger partial charge < -0.3 is 26.8 Å². The number of nitrogens with zero attached hydrogens (tertiary/aromatic N) is 1. The molecule has 4 amide bonds. The summed E-state index contributed by atoms with van der Waals surface area (Å²) >= 11 is 0. The van der Waals surface area contributed by atoms with Crippen molar-refractivity contribution in [3.8, 4) is 0 Å². The predicted molar refractivity (Wildman–Crippen MR) is 141 cm³/mol. The maximum Gasteiger partial charge on any atom is 0.326 e. The summed E-state index contributed by atoms with van der Waals surface area (Å²) < 4.78 is 0. The van der Waals surface area contributed by atoms with Gasteiger partial charge in [-0.25, -0.2) is 4.79 Å². The molecule has 2 aromatic carbocycles. The first kappa shape index (κ1) is 30.4. The Hall–Kier alpha value is -4.81. The lowest BCUT2D eigenvalue weighted by molar-refractivity contribution is -0.385. The van der Waals surface area contributed by atoms with E-state index in [1.54, 1.807) is 38.1 Å². The SMILES string of the molecule is CC(C)[C@H](NC(=O)c1ccccc1NC(=O)CCc1ccccc1[N+](=O)[O-])C(=O)N[C@H](CCC(N)=O)C(=O)O. The van der Waals surface area contributed by atoms with Crippen LogP contribution >= 0.6 is 0 Å². The zero-order valence-corrected chi connectivity index (χ0v) is 21.5. The molecule has 0 aliphatic heterocycles. The number of nitrogens with one attached hydrogen (secondary N) is 3. The van der Waals surface area contributed by atoms with Crippen LogP contribution in [0.2, 0.25) is 0 Å². The minimum absolute atomic E-state index is 0.0542. The molecule has 0 aromatic heterocycles. The second kappa shape index (κ2) is 14.2. The Bertz CT molecular complexity index is 1250. The Labute approximate surface area is 224 Å². The maximum atomic E-state index is 13.1. The Morgan fingerprint density at radius 1 is 0.974 bits per heavy atom. The standard InChI is InChI=1S/C26H31N5O8/c1-15(2)23(25(35)29-19(26(36)37)12-13-21(27)32)30-24(34)17-8-4-5-9-18(17)28-22(33)14-11-16-7-3-6-10-20(16)31(38)39/h3-10,15,19,23H,11-14H2,1-2H3,(H2,27,32)(H,28,33)(H,29,35)(H,30,34)(H,36,37)/t19-,23+/m1/s1. The van der Waals surface area contributed by atoms with Crippen molar-refractivity contribution in [3.63, 3.8) is 0 Å². The molecule has 13 nitrogen and oxygen atoms in total. The predicted octanol–water partition coefficient (Wildman–Crippen LogP) is 1.76. The van der Waals surface area contributed by atoms with Gasteiger partial charge in [0.2, 0.25) is 17.7 Å². The number of nitro groups is 1. The molecule has 2 atom stereocenters. The lowest BCUT2D eigenvalue weighted by Crippen LogP contribution is -2.53. The number of anilines is 1. The molecule has 6 N–H and O–H groups in total. The number of carbonyl (C=O) groups is 5. The normalized spacial score (nSPS) is 12.2. The summed E-state index contributed by atoms with van der Waals surface area (Å²) in [4.78, 5) is 71.8. The van der Waals surface area contributed by atoms with E-state index in [4.69, 9.17) is 5.73 Å². The fraction of sp³-hybridized carbons (Fsp3) is 0.346. The molecule has 0 unspecified atom stereocenters. The van der Waals surface area contributed by atoms with Gasteiger partial charge in [-0.2, -0.15) is 0 Å². The van der Waals surface area contributed by atoms with Gasteiger partial charge in [-0.3, -0.25) is 29.3 Å². The second-order valence-electron chi connectivity index (χ2n) is 9.08. The Balaban J connectivity index is 2.11. The Morgan fingerprint density at radius 2 is 1.62 bits per heavy atom. The molecule has 2 aromatic rings. The van der Waals surface area contributed by atoms with E-state index in [0.717, 1.165) is 0 Å². The summed E-state index contributed by atoms with van der Waals surface area (Å²) in [7, 11) is 0. The first-order valence-electron chi connectivity index (χ1n) is 12.1. The summed E-state index contributed by atoms with van der Waals surface area (Å²) in [5.41, 5.74) is 5.58. The minimum atomic E-state index is -1.38. The zero-order chi connectivity index (χ0) is 29.1. The third-order valence-electron chi connectivity index (χ3n) is 5.79. The average molecular weight is 542 g/mol. The molecule has 0 bridgehead atoms. The maximum absolute atomic E-state index is 13.1. The molecule has 0 spiro atoms. The van der Waals surface area contributed by atoms with Crippen molar-refractivity contribution in [2.75, 3.05) is 5.32 Å². The van der Waals surface area contributed by atoms with Crippen molar-refractivity contribution < 1.29 is 34.0 Å². The Kier molecular flexibility index (Phi) is 11.1. The quantitative estimate of drug-likeness (QED) is 0.175. The molecule has 2 rings (SSSR count). The number of nitrogens with two attached hydrogens (primary N) is 1. The number of nitro benzene ring substituents is 1. The van der Waals surface area contributed by atoms with Crippen molar-refractivity contribution in [2.45, 2.75) is 51.6 Å². The number of hydrogen-bond donors (Lipinski definition) is 5. The smallest absolute Gasteiger partial charge is 0.326 e. The summed E-state index contributed by atoms with van der Waals surface area (Å²) in [6, 6.07) is 9.66. The number of hydrogen-bond acceptors (Lipinski definition) is 7. The number of aliphatic carboxylic acids is 1. The number of primary amides is 1. The number of para-hydroxylation sites is 2. The number of carboxylic acid groups (broad SMARTS) is 1. The van der Waals surface area contributed by atoms with Gasteiger partial charge in [0.1, 0.15) is 12.1 Å². The third-order valence-corrected chi connectivity index (χ3v) is 5.79. The highest BCUT2D eigenvalue weighted by Gasteiger charge is 2.29. The zero-order valence-electron chi connectivity index (χ0n) is 21.5. The molecule has 208 valence electrons. The van der Waals surface area contributed by atoms with Crippen LogP contribution in [-0.4, -0.2) is 51.7 Å². The van der Waals surface area contributed by atoms with Crippen molar-refractivity contribution in [2.24, 2.45) is 11.7 Å². The summed E-state index contributed by atoms with van der Waals surface area (Å²) in [5, 5.41) is 28.1. The number of rotatable bonds is 14. The van der Waals surface area contributed by atoms with Gasteiger partial charge in [0.25, 0.3) is 11.6 Å². The highest BCUT2D eigenvalue weighted by molar-refractivity contribution is 6.05. The van der Waals surface area contributed by atoms with Gasteiger partial charge in [-0.05, 0) is 30.9 Å². The highest BCUT2D eigenvalue weighted by Crippen LogP contribution is 2.20. The van der Waals surface area contributed by atoms with Crippen LogP contribution in [0.15, 0.2) is 48.5 Å². The monoisotopic (exact) mass is 541 g/mol. The highest BCUT2D eigenvalue weighted by atomic mass is 16.6. The van der Waals surface area contributed by atoms with Crippen molar-refractivity contribution in [1.29, 1.82) is 0 Å².